The second-order valence-electron chi connectivity index (χ2n) is 9.19. The summed E-state index contributed by atoms with van der Waals surface area (Å²) in [6, 6.07) is 6.70. The molecule has 2 N–H and O–H groups in total. The lowest BCUT2D eigenvalue weighted by atomic mass is 9.84. The van der Waals surface area contributed by atoms with E-state index in [4.69, 9.17) is 9.47 Å². The van der Waals surface area contributed by atoms with Gasteiger partial charge in [-0.15, -0.1) is 0 Å². The number of nitrogens with zero attached hydrogens (tertiary/aromatic N) is 1. The monoisotopic (exact) mass is 431 g/mol. The molecule has 0 aliphatic heterocycles. The molecule has 31 heavy (non-hydrogen) atoms. The van der Waals surface area contributed by atoms with E-state index < -0.39 is 29.6 Å². The molecule has 0 aliphatic rings. The van der Waals surface area contributed by atoms with Gasteiger partial charge in [0.05, 0.1) is 30.7 Å². The highest BCUT2D eigenvalue weighted by atomic mass is 16.6. The normalized spacial score (nSPS) is 12.3. The number of alkyl carbamates (subject to hydrolysis) is 1. The van der Waals surface area contributed by atoms with E-state index in [2.05, 4.69) is 16.7 Å². The summed E-state index contributed by atoms with van der Waals surface area (Å²) in [6.07, 6.45) is -0.823. The molecule has 0 fully saturated rings. The lowest BCUT2D eigenvalue weighted by Crippen LogP contribution is -2.41. The van der Waals surface area contributed by atoms with E-state index in [0.717, 1.165) is 5.56 Å². The van der Waals surface area contributed by atoms with Crippen LogP contribution in [0.1, 0.15) is 77.6 Å². The number of carbonyl (C=O) groups is 3. The van der Waals surface area contributed by atoms with Crippen LogP contribution in [0.25, 0.3) is 0 Å². The number of hydrogen-bond acceptors (Lipinski definition) is 6. The molecular formula is C23H33N3O5. The molecule has 1 rings (SSSR count). The molecule has 0 saturated heterocycles. The third-order valence-electron chi connectivity index (χ3n) is 4.16. The maximum atomic E-state index is 12.5. The third-order valence-corrected chi connectivity index (χ3v) is 4.16. The first-order chi connectivity index (χ1) is 14.2. The van der Waals surface area contributed by atoms with Gasteiger partial charge in [0, 0.05) is 0 Å². The summed E-state index contributed by atoms with van der Waals surface area (Å²) >= 11 is 0. The Kier molecular flexibility index (Phi) is 9.04. The van der Waals surface area contributed by atoms with Gasteiger partial charge in [-0.3, -0.25) is 9.59 Å². The van der Waals surface area contributed by atoms with E-state index in [-0.39, 0.29) is 25.0 Å². The van der Waals surface area contributed by atoms with Gasteiger partial charge in [-0.1, -0.05) is 26.8 Å². The van der Waals surface area contributed by atoms with Gasteiger partial charge >= 0.3 is 12.1 Å². The second-order valence-corrected chi connectivity index (χ2v) is 9.19. The highest BCUT2D eigenvalue weighted by Crippen LogP contribution is 2.28. The molecule has 0 saturated carbocycles. The van der Waals surface area contributed by atoms with Gasteiger partial charge in [0.1, 0.15) is 12.1 Å². The Morgan fingerprint density at radius 3 is 2.26 bits per heavy atom. The molecule has 2 amide bonds. The van der Waals surface area contributed by atoms with Crippen LogP contribution >= 0.6 is 0 Å². The van der Waals surface area contributed by atoms with Crippen LogP contribution in [-0.2, 0) is 24.5 Å². The Hall–Kier alpha value is -3.08. The minimum absolute atomic E-state index is 0.107. The van der Waals surface area contributed by atoms with E-state index in [9.17, 15) is 19.6 Å². The fourth-order valence-corrected chi connectivity index (χ4v) is 2.70. The lowest BCUT2D eigenvalue weighted by molar-refractivity contribution is -0.143. The fraction of sp³-hybridized carbons (Fsp3) is 0.565. The third kappa shape index (κ3) is 9.51. The average molecular weight is 432 g/mol. The van der Waals surface area contributed by atoms with E-state index in [1.165, 1.54) is 0 Å². The predicted octanol–water partition coefficient (Wildman–Crippen LogP) is 3.49. The standard InChI is InChI=1S/C23H33N3O5/c1-8-30-20(28)12-18(26-19(27)14-25-21(29)31-23(5,6)7)16-9-15(13-24)10-17(11-16)22(2,3)4/h9-11,18H,8,12,14H2,1-7H3,(H,25,29)(H,26,27). The number of hydrogen-bond donors (Lipinski definition) is 2. The zero-order chi connectivity index (χ0) is 23.8. The van der Waals surface area contributed by atoms with Gasteiger partial charge in [-0.2, -0.15) is 5.26 Å². The van der Waals surface area contributed by atoms with Crippen molar-refractivity contribution >= 4 is 18.0 Å². The Bertz CT molecular complexity index is 844. The summed E-state index contributed by atoms with van der Waals surface area (Å²) in [5, 5.41) is 14.6. The summed E-state index contributed by atoms with van der Waals surface area (Å²) in [4.78, 5) is 36.4. The van der Waals surface area contributed by atoms with Crippen LogP contribution in [0.4, 0.5) is 4.79 Å². The highest BCUT2D eigenvalue weighted by Gasteiger charge is 2.24. The molecule has 8 nitrogen and oxygen atoms in total. The molecule has 1 atom stereocenters. The molecule has 0 heterocycles. The van der Waals surface area contributed by atoms with Crippen molar-refractivity contribution in [1.82, 2.24) is 10.6 Å². The number of nitriles is 1. The van der Waals surface area contributed by atoms with Crippen molar-refractivity contribution in [2.45, 2.75) is 71.9 Å². The molecule has 8 heteroatoms. The van der Waals surface area contributed by atoms with Crippen LogP contribution in [0.15, 0.2) is 18.2 Å². The van der Waals surface area contributed by atoms with Gasteiger partial charge < -0.3 is 20.1 Å². The minimum Gasteiger partial charge on any atom is -0.466 e. The van der Waals surface area contributed by atoms with Crippen molar-refractivity contribution in [2.75, 3.05) is 13.2 Å². The number of esters is 1. The Morgan fingerprint density at radius 1 is 1.10 bits per heavy atom. The molecule has 170 valence electrons. The first-order valence-corrected chi connectivity index (χ1v) is 10.2. The lowest BCUT2D eigenvalue weighted by Gasteiger charge is -2.24. The van der Waals surface area contributed by atoms with Crippen LogP contribution in [0, 0.1) is 11.3 Å². The SMILES string of the molecule is CCOC(=O)CC(NC(=O)CNC(=O)OC(C)(C)C)c1cc(C#N)cc(C(C)(C)C)c1. The fourth-order valence-electron chi connectivity index (χ4n) is 2.70. The topological polar surface area (TPSA) is 118 Å². The molecule has 1 unspecified atom stereocenters. The number of rotatable bonds is 7. The summed E-state index contributed by atoms with van der Waals surface area (Å²) in [6.45, 7) is 12.8. The van der Waals surface area contributed by atoms with Crippen molar-refractivity contribution in [3.63, 3.8) is 0 Å². The Morgan fingerprint density at radius 2 is 1.74 bits per heavy atom. The van der Waals surface area contributed by atoms with Crippen LogP contribution in [0.2, 0.25) is 0 Å². The summed E-state index contributed by atoms with van der Waals surface area (Å²) in [7, 11) is 0. The second kappa shape index (κ2) is 10.8. The molecule has 0 aliphatic carbocycles. The smallest absolute Gasteiger partial charge is 0.408 e. The van der Waals surface area contributed by atoms with Crippen molar-refractivity contribution < 1.29 is 23.9 Å². The number of ether oxygens (including phenoxy) is 2. The number of carbonyl (C=O) groups excluding carboxylic acids is 3. The maximum absolute atomic E-state index is 12.5. The molecule has 0 spiro atoms. The van der Waals surface area contributed by atoms with Crippen molar-refractivity contribution in [3.8, 4) is 6.07 Å². The van der Waals surface area contributed by atoms with E-state index in [1.54, 1.807) is 39.8 Å². The van der Waals surface area contributed by atoms with Crippen molar-refractivity contribution in [3.05, 3.63) is 34.9 Å². The number of benzene rings is 1. The van der Waals surface area contributed by atoms with Gasteiger partial charge in [0.15, 0.2) is 0 Å². The molecule has 0 bridgehead atoms. The van der Waals surface area contributed by atoms with E-state index in [1.807, 2.05) is 26.8 Å². The van der Waals surface area contributed by atoms with Crippen LogP contribution < -0.4 is 10.6 Å². The quantitative estimate of drug-likeness (QED) is 0.638. The first kappa shape index (κ1) is 26.0. The van der Waals surface area contributed by atoms with Crippen LogP contribution in [0.5, 0.6) is 0 Å². The van der Waals surface area contributed by atoms with Crippen molar-refractivity contribution in [2.24, 2.45) is 0 Å². The van der Waals surface area contributed by atoms with E-state index in [0.29, 0.717) is 11.1 Å². The van der Waals surface area contributed by atoms with Gasteiger partial charge in [0.2, 0.25) is 5.91 Å². The predicted molar refractivity (Wildman–Crippen MR) is 116 cm³/mol. The Labute approximate surface area is 184 Å². The summed E-state index contributed by atoms with van der Waals surface area (Å²) < 4.78 is 10.2. The maximum Gasteiger partial charge on any atom is 0.408 e. The molecule has 1 aromatic rings. The van der Waals surface area contributed by atoms with Crippen LogP contribution in [0.3, 0.4) is 0 Å². The van der Waals surface area contributed by atoms with Gasteiger partial charge in [-0.05, 0) is 56.4 Å². The highest BCUT2D eigenvalue weighted by molar-refractivity contribution is 5.83. The van der Waals surface area contributed by atoms with Gasteiger partial charge in [-0.25, -0.2) is 4.79 Å². The largest absolute Gasteiger partial charge is 0.466 e. The average Bonchev–Trinajstić information content (AvgIpc) is 2.63. The minimum atomic E-state index is -0.721. The summed E-state index contributed by atoms with van der Waals surface area (Å²) in [5.74, 6) is -0.979. The van der Waals surface area contributed by atoms with E-state index >= 15 is 0 Å². The molecular weight excluding hydrogens is 398 g/mol. The zero-order valence-corrected chi connectivity index (χ0v) is 19.4. The van der Waals surface area contributed by atoms with Gasteiger partial charge in [0.25, 0.3) is 0 Å². The Balaban J connectivity index is 3.08. The number of nitrogens with one attached hydrogen (secondary N) is 2. The zero-order valence-electron chi connectivity index (χ0n) is 19.4. The number of amides is 2. The molecule has 0 aromatic heterocycles. The molecule has 0 radical (unpaired) electrons. The first-order valence-electron chi connectivity index (χ1n) is 10.2. The molecule has 1 aromatic carbocycles. The summed E-state index contributed by atoms with van der Waals surface area (Å²) in [5.41, 5.74) is 1.02. The van der Waals surface area contributed by atoms with Crippen molar-refractivity contribution in [1.29, 1.82) is 5.26 Å². The van der Waals surface area contributed by atoms with Crippen LogP contribution in [-0.4, -0.2) is 36.7 Å².